The first-order valence-electron chi connectivity index (χ1n) is 8.27. The molecule has 3 atom stereocenters. The molecule has 2 heterocycles. The van der Waals surface area contributed by atoms with E-state index in [2.05, 4.69) is 0 Å². The number of nitro groups is 1. The van der Waals surface area contributed by atoms with Crippen molar-refractivity contribution >= 4 is 17.6 Å². The number of carbonyl (C=O) groups is 2. The van der Waals surface area contributed by atoms with Gasteiger partial charge in [0.05, 0.1) is 11.1 Å². The summed E-state index contributed by atoms with van der Waals surface area (Å²) in [6, 6.07) is 1.09. The maximum absolute atomic E-state index is 12.8. The highest BCUT2D eigenvalue weighted by Crippen LogP contribution is 2.39. The van der Waals surface area contributed by atoms with Gasteiger partial charge in [0.15, 0.2) is 0 Å². The molecule has 1 N–H and O–H groups in total. The highest BCUT2D eigenvalue weighted by atomic mass is 16.6. The van der Waals surface area contributed by atoms with Gasteiger partial charge in [0.2, 0.25) is 5.91 Å². The third kappa shape index (κ3) is 3.26. The topological polar surface area (TPSA) is 123 Å². The molecule has 0 aromatic carbocycles. The Labute approximate surface area is 143 Å². The lowest BCUT2D eigenvalue weighted by atomic mass is 9.85. The molecule has 25 heavy (non-hydrogen) atoms. The monoisotopic (exact) mass is 349 g/mol. The van der Waals surface area contributed by atoms with Gasteiger partial charge in [0.1, 0.15) is 12.6 Å². The summed E-state index contributed by atoms with van der Waals surface area (Å²) in [5.41, 5.74) is -0.829. The number of amides is 1. The minimum atomic E-state index is -1.05. The highest BCUT2D eigenvalue weighted by molar-refractivity contribution is 5.84. The molecule has 0 radical (unpaired) electrons. The molecule has 9 heteroatoms. The smallest absolute Gasteiger partial charge is 0.326 e. The van der Waals surface area contributed by atoms with E-state index in [4.69, 9.17) is 0 Å². The van der Waals surface area contributed by atoms with E-state index in [1.54, 1.807) is 0 Å². The van der Waals surface area contributed by atoms with Crippen LogP contribution in [0.2, 0.25) is 0 Å². The van der Waals surface area contributed by atoms with Gasteiger partial charge in [0.25, 0.3) is 11.2 Å². The van der Waals surface area contributed by atoms with E-state index in [0.717, 1.165) is 48.6 Å². The molecule has 3 rings (SSSR count). The fraction of sp³-hybridized carbons (Fsp3) is 0.562. The molecule has 1 aromatic rings. The summed E-state index contributed by atoms with van der Waals surface area (Å²) in [5, 5.41) is 20.3. The van der Waals surface area contributed by atoms with Crippen LogP contribution in [0.5, 0.6) is 0 Å². The van der Waals surface area contributed by atoms with E-state index < -0.39 is 34.9 Å². The Bertz CT molecular complexity index is 773. The average Bonchev–Trinajstić information content (AvgIpc) is 2.96. The zero-order valence-electron chi connectivity index (χ0n) is 13.5. The van der Waals surface area contributed by atoms with Crippen molar-refractivity contribution in [2.24, 2.45) is 5.92 Å². The summed E-state index contributed by atoms with van der Waals surface area (Å²) in [4.78, 5) is 47.8. The molecule has 134 valence electrons. The van der Waals surface area contributed by atoms with Crippen LogP contribution in [0.15, 0.2) is 23.1 Å². The minimum absolute atomic E-state index is 0.128. The Morgan fingerprint density at radius 3 is 2.68 bits per heavy atom. The molecule has 0 bridgehead atoms. The molecule has 1 aromatic heterocycles. The zero-order valence-corrected chi connectivity index (χ0v) is 13.5. The third-order valence-corrected chi connectivity index (χ3v) is 5.15. The molecular weight excluding hydrogens is 330 g/mol. The van der Waals surface area contributed by atoms with Crippen LogP contribution >= 0.6 is 0 Å². The fourth-order valence-corrected chi connectivity index (χ4v) is 4.02. The average molecular weight is 349 g/mol. The molecule has 1 saturated heterocycles. The van der Waals surface area contributed by atoms with Gasteiger partial charge in [0, 0.05) is 18.2 Å². The van der Waals surface area contributed by atoms with Crippen LogP contribution in [0.25, 0.3) is 0 Å². The number of rotatable bonds is 4. The molecule has 0 spiro atoms. The second kappa shape index (κ2) is 6.66. The van der Waals surface area contributed by atoms with Crippen molar-refractivity contribution in [2.75, 3.05) is 0 Å². The molecule has 2 aliphatic rings. The van der Waals surface area contributed by atoms with Gasteiger partial charge in [-0.1, -0.05) is 12.8 Å². The number of aliphatic carboxylic acids is 1. The lowest BCUT2D eigenvalue weighted by molar-refractivity contribution is -0.385. The summed E-state index contributed by atoms with van der Waals surface area (Å²) in [5.74, 6) is -1.36. The number of aromatic nitrogens is 1. The van der Waals surface area contributed by atoms with Crippen LogP contribution < -0.4 is 5.56 Å². The van der Waals surface area contributed by atoms with Gasteiger partial charge in [-0.2, -0.15) is 0 Å². The van der Waals surface area contributed by atoms with Crippen molar-refractivity contribution in [2.45, 2.75) is 50.7 Å². The number of nitrogens with zero attached hydrogens (tertiary/aromatic N) is 3. The first kappa shape index (κ1) is 17.1. The Hall–Kier alpha value is -2.71. The van der Waals surface area contributed by atoms with Gasteiger partial charge in [-0.15, -0.1) is 0 Å². The maximum Gasteiger partial charge on any atom is 0.326 e. The predicted molar refractivity (Wildman–Crippen MR) is 86.0 cm³/mol. The summed E-state index contributed by atoms with van der Waals surface area (Å²) in [6.07, 6.45) is 5.06. The number of fused-ring (bicyclic) bond motifs is 1. The van der Waals surface area contributed by atoms with Gasteiger partial charge in [-0.05, 0) is 25.2 Å². The lowest BCUT2D eigenvalue weighted by Gasteiger charge is -2.33. The van der Waals surface area contributed by atoms with Crippen molar-refractivity contribution in [1.29, 1.82) is 0 Å². The molecule has 2 fully saturated rings. The number of carboxylic acid groups (broad SMARTS) is 1. The second-order valence-electron chi connectivity index (χ2n) is 6.61. The molecule has 1 amide bonds. The molecular formula is C16H19N3O6. The lowest BCUT2D eigenvalue weighted by Crippen LogP contribution is -2.48. The highest BCUT2D eigenvalue weighted by Gasteiger charge is 2.47. The quantitative estimate of drug-likeness (QED) is 0.639. The molecule has 3 unspecified atom stereocenters. The summed E-state index contributed by atoms with van der Waals surface area (Å²) < 4.78 is 0.968. The van der Waals surface area contributed by atoms with E-state index in [-0.39, 0.29) is 17.6 Å². The second-order valence-corrected chi connectivity index (χ2v) is 6.61. The maximum atomic E-state index is 12.8. The normalized spacial score (nSPS) is 25.4. The number of pyridine rings is 1. The zero-order chi connectivity index (χ0) is 18.1. The molecule has 1 aliphatic carbocycles. The van der Waals surface area contributed by atoms with Crippen molar-refractivity contribution in [1.82, 2.24) is 9.47 Å². The number of hydrogen-bond donors (Lipinski definition) is 1. The Morgan fingerprint density at radius 2 is 2.00 bits per heavy atom. The van der Waals surface area contributed by atoms with Crippen molar-refractivity contribution in [3.63, 3.8) is 0 Å². The summed E-state index contributed by atoms with van der Waals surface area (Å²) in [6.45, 7) is -0.395. The van der Waals surface area contributed by atoms with Crippen LogP contribution in [0.3, 0.4) is 0 Å². The Morgan fingerprint density at radius 1 is 1.28 bits per heavy atom. The third-order valence-electron chi connectivity index (χ3n) is 5.15. The standard InChI is InChI=1S/C16H19N3O6/c20-14-6-5-11(19(24)25)8-17(14)9-15(21)18-12-4-2-1-3-10(12)7-13(18)16(22)23/h5-6,8,10,12-13H,1-4,7,9H2,(H,22,23). The van der Waals surface area contributed by atoms with Crippen LogP contribution in [-0.4, -0.2) is 43.5 Å². The van der Waals surface area contributed by atoms with Crippen molar-refractivity contribution < 1.29 is 19.6 Å². The van der Waals surface area contributed by atoms with E-state index in [0.29, 0.717) is 6.42 Å². The molecule has 1 aliphatic heterocycles. The number of carboxylic acids is 1. The number of likely N-dealkylation sites (tertiary alicyclic amines) is 1. The van der Waals surface area contributed by atoms with Crippen molar-refractivity contribution in [3.8, 4) is 0 Å². The van der Waals surface area contributed by atoms with Crippen molar-refractivity contribution in [3.05, 3.63) is 38.8 Å². The molecule has 1 saturated carbocycles. The summed E-state index contributed by atoms with van der Waals surface area (Å²) in [7, 11) is 0. The summed E-state index contributed by atoms with van der Waals surface area (Å²) >= 11 is 0. The van der Waals surface area contributed by atoms with E-state index in [9.17, 15) is 29.6 Å². The molecule has 9 nitrogen and oxygen atoms in total. The SMILES string of the molecule is O=C(O)C1CC2CCCCC2N1C(=O)Cn1cc([N+](=O)[O-])ccc1=O. The van der Waals surface area contributed by atoms with Gasteiger partial charge in [-0.3, -0.25) is 24.3 Å². The van der Waals surface area contributed by atoms with Gasteiger partial charge in [-0.25, -0.2) is 4.79 Å². The first-order chi connectivity index (χ1) is 11.9. The van der Waals surface area contributed by atoms with Crippen LogP contribution in [0, 0.1) is 16.0 Å². The first-order valence-corrected chi connectivity index (χ1v) is 8.27. The van der Waals surface area contributed by atoms with E-state index in [1.165, 1.54) is 4.90 Å². The Kier molecular flexibility index (Phi) is 4.56. The minimum Gasteiger partial charge on any atom is -0.480 e. The number of carbonyl (C=O) groups excluding carboxylic acids is 1. The van der Waals surface area contributed by atoms with E-state index >= 15 is 0 Å². The fourth-order valence-electron chi connectivity index (χ4n) is 4.02. The Balaban J connectivity index is 1.86. The predicted octanol–water partition coefficient (Wildman–Crippen LogP) is 1.00. The van der Waals surface area contributed by atoms with Crippen LogP contribution in [0.4, 0.5) is 5.69 Å². The number of hydrogen-bond acceptors (Lipinski definition) is 5. The van der Waals surface area contributed by atoms with Gasteiger partial charge < -0.3 is 10.0 Å². The van der Waals surface area contributed by atoms with Crippen LogP contribution in [0.1, 0.15) is 32.1 Å². The van der Waals surface area contributed by atoms with Crippen LogP contribution in [-0.2, 0) is 16.1 Å². The van der Waals surface area contributed by atoms with Gasteiger partial charge >= 0.3 is 5.97 Å². The largest absolute Gasteiger partial charge is 0.480 e. The van der Waals surface area contributed by atoms with E-state index in [1.807, 2.05) is 0 Å².